The van der Waals surface area contributed by atoms with Crippen LogP contribution in [0.25, 0.3) is 0 Å². The number of hydrogen-bond acceptors (Lipinski definition) is 2. The van der Waals surface area contributed by atoms with Crippen molar-refractivity contribution >= 4 is 11.6 Å². The van der Waals surface area contributed by atoms with Crippen molar-refractivity contribution in [3.05, 3.63) is 28.3 Å². The molecule has 0 amide bonds. The van der Waals surface area contributed by atoms with Gasteiger partial charge in [0.1, 0.15) is 17.4 Å². The lowest BCUT2D eigenvalue weighted by Gasteiger charge is -2.10. The van der Waals surface area contributed by atoms with E-state index in [1.165, 1.54) is 7.11 Å². The number of halogens is 4. The van der Waals surface area contributed by atoms with Crippen molar-refractivity contribution in [2.24, 2.45) is 0 Å². The number of nitrogens with zero attached hydrogens (tertiary/aromatic N) is 1. The van der Waals surface area contributed by atoms with Gasteiger partial charge in [0.05, 0.1) is 17.7 Å². The number of alkyl halides is 3. The molecule has 0 spiro atoms. The fourth-order valence-corrected chi connectivity index (χ4v) is 1.27. The van der Waals surface area contributed by atoms with Crippen LogP contribution in [0.1, 0.15) is 11.1 Å². The molecule has 0 radical (unpaired) electrons. The zero-order valence-electron chi connectivity index (χ0n) is 7.52. The van der Waals surface area contributed by atoms with Crippen LogP contribution in [0.4, 0.5) is 13.2 Å². The molecule has 0 atom stereocenters. The molecule has 0 saturated carbocycles. The summed E-state index contributed by atoms with van der Waals surface area (Å²) in [6.07, 6.45) is -4.51. The molecule has 0 aliphatic rings. The summed E-state index contributed by atoms with van der Waals surface area (Å²) in [5, 5.41) is 8.35. The second-order valence-electron chi connectivity index (χ2n) is 2.64. The molecule has 0 heterocycles. The third-order valence-electron chi connectivity index (χ3n) is 1.71. The normalized spacial score (nSPS) is 10.9. The summed E-state index contributed by atoms with van der Waals surface area (Å²) in [7, 11) is 1.17. The van der Waals surface area contributed by atoms with Crippen LogP contribution in [0.15, 0.2) is 12.1 Å². The highest BCUT2D eigenvalue weighted by atomic mass is 35.5. The van der Waals surface area contributed by atoms with Gasteiger partial charge in [-0.15, -0.1) is 0 Å². The molecule has 1 aromatic carbocycles. The Hall–Kier alpha value is -1.41. The summed E-state index contributed by atoms with van der Waals surface area (Å²) in [5.41, 5.74) is -1.05. The maximum Gasteiger partial charge on any atom is 0.416 e. The lowest BCUT2D eigenvalue weighted by molar-refractivity contribution is -0.137. The first-order valence-corrected chi connectivity index (χ1v) is 4.12. The molecular weight excluding hydrogens is 231 g/mol. The van der Waals surface area contributed by atoms with E-state index in [1.807, 2.05) is 0 Å². The first kappa shape index (κ1) is 11.7. The maximum absolute atomic E-state index is 12.3. The second-order valence-corrected chi connectivity index (χ2v) is 3.05. The number of ether oxygens (including phenoxy) is 1. The van der Waals surface area contributed by atoms with Gasteiger partial charge < -0.3 is 4.74 Å². The quantitative estimate of drug-likeness (QED) is 0.749. The average molecular weight is 236 g/mol. The van der Waals surface area contributed by atoms with Crippen LogP contribution in [0.5, 0.6) is 5.75 Å². The number of nitriles is 1. The monoisotopic (exact) mass is 235 g/mol. The summed E-state index contributed by atoms with van der Waals surface area (Å²) in [6, 6.07) is 3.11. The predicted octanol–water partition coefficient (Wildman–Crippen LogP) is 3.24. The molecule has 0 fully saturated rings. The molecule has 2 nitrogen and oxygen atoms in total. The summed E-state index contributed by atoms with van der Waals surface area (Å²) in [5.74, 6) is -0.183. The number of rotatable bonds is 1. The van der Waals surface area contributed by atoms with Gasteiger partial charge in [0.25, 0.3) is 0 Å². The zero-order chi connectivity index (χ0) is 11.6. The molecule has 15 heavy (non-hydrogen) atoms. The Morgan fingerprint density at radius 1 is 1.40 bits per heavy atom. The Labute approximate surface area is 88.8 Å². The van der Waals surface area contributed by atoms with Crippen molar-refractivity contribution in [1.29, 1.82) is 5.26 Å². The van der Waals surface area contributed by atoms with Gasteiger partial charge in [0, 0.05) is 0 Å². The lowest BCUT2D eigenvalue weighted by Crippen LogP contribution is -2.06. The molecule has 6 heteroatoms. The molecule has 0 aromatic heterocycles. The summed E-state index contributed by atoms with van der Waals surface area (Å²) in [4.78, 5) is 0. The van der Waals surface area contributed by atoms with Gasteiger partial charge in [-0.05, 0) is 12.1 Å². The van der Waals surface area contributed by atoms with E-state index in [-0.39, 0.29) is 16.3 Å². The molecule has 1 rings (SSSR count). The fraction of sp³-hybridized carbons (Fsp3) is 0.222. The van der Waals surface area contributed by atoms with Crippen LogP contribution < -0.4 is 4.74 Å². The van der Waals surface area contributed by atoms with E-state index in [2.05, 4.69) is 4.74 Å². The lowest BCUT2D eigenvalue weighted by atomic mass is 10.1. The van der Waals surface area contributed by atoms with Crippen LogP contribution in [0.3, 0.4) is 0 Å². The van der Waals surface area contributed by atoms with E-state index in [4.69, 9.17) is 16.9 Å². The van der Waals surface area contributed by atoms with E-state index >= 15 is 0 Å². The highest BCUT2D eigenvalue weighted by Crippen LogP contribution is 2.36. The summed E-state index contributed by atoms with van der Waals surface area (Å²) >= 11 is 5.52. The second kappa shape index (κ2) is 3.99. The minimum absolute atomic E-state index is 0.104. The van der Waals surface area contributed by atoms with Crippen molar-refractivity contribution in [1.82, 2.24) is 0 Å². The molecular formula is C9H5ClF3NO. The third-order valence-corrected chi connectivity index (χ3v) is 2.01. The van der Waals surface area contributed by atoms with Gasteiger partial charge in [0.2, 0.25) is 0 Å². The number of methoxy groups -OCH3 is 1. The van der Waals surface area contributed by atoms with Crippen LogP contribution in [0.2, 0.25) is 5.02 Å². The van der Waals surface area contributed by atoms with Crippen LogP contribution in [-0.4, -0.2) is 7.11 Å². The largest absolute Gasteiger partial charge is 0.495 e. The Balaban J connectivity index is 3.40. The van der Waals surface area contributed by atoms with Crippen LogP contribution in [0, 0.1) is 11.3 Å². The van der Waals surface area contributed by atoms with E-state index in [0.717, 1.165) is 6.07 Å². The van der Waals surface area contributed by atoms with E-state index in [0.29, 0.717) is 6.07 Å². The molecule has 0 bridgehead atoms. The SMILES string of the molecule is COc1cc(C(F)(F)F)cc(Cl)c1C#N. The third kappa shape index (κ3) is 2.34. The number of benzene rings is 1. The minimum Gasteiger partial charge on any atom is -0.495 e. The topological polar surface area (TPSA) is 33.0 Å². The van der Waals surface area contributed by atoms with Crippen molar-refractivity contribution in [3.8, 4) is 11.8 Å². The van der Waals surface area contributed by atoms with Crippen molar-refractivity contribution in [2.75, 3.05) is 7.11 Å². The van der Waals surface area contributed by atoms with E-state index in [9.17, 15) is 13.2 Å². The maximum atomic E-state index is 12.3. The summed E-state index contributed by atoms with van der Waals surface area (Å²) in [6.45, 7) is 0. The zero-order valence-corrected chi connectivity index (χ0v) is 8.28. The Morgan fingerprint density at radius 3 is 2.40 bits per heavy atom. The van der Waals surface area contributed by atoms with Crippen LogP contribution >= 0.6 is 11.6 Å². The fourth-order valence-electron chi connectivity index (χ4n) is 1.01. The molecule has 0 aliphatic heterocycles. The Morgan fingerprint density at radius 2 is 2.00 bits per heavy atom. The van der Waals surface area contributed by atoms with E-state index < -0.39 is 11.7 Å². The minimum atomic E-state index is -4.51. The molecule has 0 N–H and O–H groups in total. The highest BCUT2D eigenvalue weighted by molar-refractivity contribution is 6.32. The van der Waals surface area contributed by atoms with Gasteiger partial charge in [-0.1, -0.05) is 11.6 Å². The van der Waals surface area contributed by atoms with Gasteiger partial charge >= 0.3 is 6.18 Å². The van der Waals surface area contributed by atoms with Crippen molar-refractivity contribution in [3.63, 3.8) is 0 Å². The molecule has 0 aliphatic carbocycles. The van der Waals surface area contributed by atoms with Crippen LogP contribution in [-0.2, 0) is 6.18 Å². The van der Waals surface area contributed by atoms with Gasteiger partial charge in [-0.2, -0.15) is 18.4 Å². The highest BCUT2D eigenvalue weighted by Gasteiger charge is 2.32. The van der Waals surface area contributed by atoms with Crippen molar-refractivity contribution < 1.29 is 17.9 Å². The van der Waals surface area contributed by atoms with E-state index in [1.54, 1.807) is 6.07 Å². The number of hydrogen-bond donors (Lipinski definition) is 0. The van der Waals surface area contributed by atoms with Crippen molar-refractivity contribution in [2.45, 2.75) is 6.18 Å². The molecule has 80 valence electrons. The molecule has 1 aromatic rings. The molecule has 0 saturated heterocycles. The standard InChI is InChI=1S/C9H5ClF3NO/c1-15-8-3-5(9(11,12)13)2-7(10)6(8)4-14/h2-3H,1H3. The van der Waals surface area contributed by atoms with Gasteiger partial charge in [-0.3, -0.25) is 0 Å². The first-order valence-electron chi connectivity index (χ1n) is 3.75. The first-order chi connectivity index (χ1) is 6.90. The predicted molar refractivity (Wildman–Crippen MR) is 47.7 cm³/mol. The Kier molecular flexibility index (Phi) is 3.10. The molecule has 0 unspecified atom stereocenters. The Bertz CT molecular complexity index is 423. The smallest absolute Gasteiger partial charge is 0.416 e. The van der Waals surface area contributed by atoms with Gasteiger partial charge in [0.15, 0.2) is 0 Å². The summed E-state index contributed by atoms with van der Waals surface area (Å²) < 4.78 is 41.6. The van der Waals surface area contributed by atoms with Gasteiger partial charge in [-0.25, -0.2) is 0 Å². The average Bonchev–Trinajstić information content (AvgIpc) is 2.15.